The zero-order valence-corrected chi connectivity index (χ0v) is 12.3. The summed E-state index contributed by atoms with van der Waals surface area (Å²) in [6.07, 6.45) is 1.45. The lowest BCUT2D eigenvalue weighted by Crippen LogP contribution is -2.02. The molecule has 0 bridgehead atoms. The van der Waals surface area contributed by atoms with Gasteiger partial charge in [-0.1, -0.05) is 29.3 Å². The first-order chi connectivity index (χ1) is 9.13. The number of carbonyl (C=O) groups excluding carboxylic acids is 1. The lowest BCUT2D eigenvalue weighted by Gasteiger charge is -2.06. The number of carbonyl (C=O) groups is 1. The van der Waals surface area contributed by atoms with E-state index in [1.54, 1.807) is 24.3 Å². The second-order valence-electron chi connectivity index (χ2n) is 3.59. The van der Waals surface area contributed by atoms with E-state index >= 15 is 0 Å². The molecule has 6 heteroatoms. The van der Waals surface area contributed by atoms with Crippen LogP contribution in [-0.4, -0.2) is 13.1 Å². The van der Waals surface area contributed by atoms with E-state index in [1.807, 2.05) is 0 Å². The van der Waals surface area contributed by atoms with Crippen LogP contribution in [0.1, 0.15) is 16.1 Å². The fourth-order valence-corrected chi connectivity index (χ4v) is 3.14. The van der Waals surface area contributed by atoms with Gasteiger partial charge >= 0.3 is 5.97 Å². The minimum Gasteiger partial charge on any atom is -0.468 e. The van der Waals surface area contributed by atoms with Crippen LogP contribution in [0.4, 0.5) is 0 Å². The molecule has 0 amide bonds. The van der Waals surface area contributed by atoms with E-state index in [1.165, 1.54) is 25.1 Å². The number of methoxy groups -OCH3 is 1. The van der Waals surface area contributed by atoms with Crippen molar-refractivity contribution >= 4 is 40.9 Å². The first kappa shape index (κ1) is 14.3. The quantitative estimate of drug-likeness (QED) is 0.607. The zero-order chi connectivity index (χ0) is 13.8. The first-order valence-corrected chi connectivity index (χ1v) is 7.09. The van der Waals surface area contributed by atoms with Gasteiger partial charge in [0.2, 0.25) is 0 Å². The van der Waals surface area contributed by atoms with Crippen LogP contribution in [0.3, 0.4) is 0 Å². The average molecular weight is 317 g/mol. The third-order valence-electron chi connectivity index (χ3n) is 2.42. The van der Waals surface area contributed by atoms with Crippen LogP contribution in [0.15, 0.2) is 39.8 Å². The second kappa shape index (κ2) is 6.37. The number of benzene rings is 1. The molecule has 1 heterocycles. The van der Waals surface area contributed by atoms with E-state index in [4.69, 9.17) is 27.6 Å². The Labute approximate surface area is 124 Å². The fourth-order valence-electron chi connectivity index (χ4n) is 1.50. The number of rotatable bonds is 4. The van der Waals surface area contributed by atoms with Crippen molar-refractivity contribution in [3.63, 3.8) is 0 Å². The highest BCUT2D eigenvalue weighted by Crippen LogP contribution is 2.36. The Morgan fingerprint density at radius 3 is 2.63 bits per heavy atom. The van der Waals surface area contributed by atoms with Gasteiger partial charge in [-0.05, 0) is 18.2 Å². The highest BCUT2D eigenvalue weighted by molar-refractivity contribution is 7.98. The maximum Gasteiger partial charge on any atom is 0.341 e. The number of hydrogen-bond acceptors (Lipinski definition) is 4. The smallest absolute Gasteiger partial charge is 0.341 e. The average Bonchev–Trinajstić information content (AvgIpc) is 2.85. The molecule has 19 heavy (non-hydrogen) atoms. The third-order valence-corrected chi connectivity index (χ3v) is 4.41. The maximum absolute atomic E-state index is 11.5. The largest absolute Gasteiger partial charge is 0.468 e. The van der Waals surface area contributed by atoms with E-state index < -0.39 is 5.97 Å². The lowest BCUT2D eigenvalue weighted by atomic mass is 10.3. The van der Waals surface area contributed by atoms with E-state index in [-0.39, 0.29) is 0 Å². The van der Waals surface area contributed by atoms with Crippen LogP contribution >= 0.6 is 35.0 Å². The summed E-state index contributed by atoms with van der Waals surface area (Å²) in [4.78, 5) is 12.3. The van der Waals surface area contributed by atoms with Crippen molar-refractivity contribution in [3.8, 4) is 0 Å². The molecule has 0 fully saturated rings. The predicted molar refractivity (Wildman–Crippen MR) is 76.1 cm³/mol. The van der Waals surface area contributed by atoms with E-state index in [0.717, 1.165) is 4.90 Å². The van der Waals surface area contributed by atoms with Crippen molar-refractivity contribution in [2.24, 2.45) is 0 Å². The molecule has 0 saturated carbocycles. The molecule has 3 nitrogen and oxygen atoms in total. The second-order valence-corrected chi connectivity index (χ2v) is 5.39. The molecular weight excluding hydrogens is 307 g/mol. The van der Waals surface area contributed by atoms with Crippen molar-refractivity contribution in [2.45, 2.75) is 10.6 Å². The summed E-state index contributed by atoms with van der Waals surface area (Å²) in [5.41, 5.74) is 0.415. The molecular formula is C13H10Cl2O3S. The molecule has 0 spiro atoms. The predicted octanol–water partition coefficient (Wildman–Crippen LogP) is 4.67. The fraction of sp³-hybridized carbons (Fsp3) is 0.154. The minimum absolute atomic E-state index is 0.415. The van der Waals surface area contributed by atoms with E-state index in [0.29, 0.717) is 27.1 Å². The van der Waals surface area contributed by atoms with Crippen molar-refractivity contribution < 1.29 is 13.9 Å². The minimum atomic E-state index is -0.422. The maximum atomic E-state index is 11.5. The molecule has 0 radical (unpaired) electrons. The standard InChI is InChI=1S/C13H10Cl2O3S/c1-17-13(16)8-5-6-18-11(8)7-19-12-9(14)3-2-4-10(12)15/h2-6H,7H2,1H3. The van der Waals surface area contributed by atoms with E-state index in [9.17, 15) is 4.79 Å². The Bertz CT molecular complexity index is 575. The summed E-state index contributed by atoms with van der Waals surface area (Å²) >= 11 is 13.6. The van der Waals surface area contributed by atoms with Crippen molar-refractivity contribution in [1.29, 1.82) is 0 Å². The first-order valence-electron chi connectivity index (χ1n) is 5.35. The summed E-state index contributed by atoms with van der Waals surface area (Å²) in [7, 11) is 1.33. The normalized spacial score (nSPS) is 10.5. The SMILES string of the molecule is COC(=O)c1ccoc1CSc1c(Cl)cccc1Cl. The number of esters is 1. The summed E-state index contributed by atoms with van der Waals surface area (Å²) in [6, 6.07) is 6.88. The zero-order valence-electron chi connectivity index (χ0n) is 9.98. The Kier molecular flexibility index (Phi) is 4.80. The summed E-state index contributed by atoms with van der Waals surface area (Å²) < 4.78 is 9.96. The van der Waals surface area contributed by atoms with Crippen LogP contribution in [0, 0.1) is 0 Å². The summed E-state index contributed by atoms with van der Waals surface area (Å²) in [6.45, 7) is 0. The van der Waals surface area contributed by atoms with Crippen molar-refractivity contribution in [3.05, 3.63) is 51.9 Å². The van der Waals surface area contributed by atoms with Gasteiger partial charge in [0.05, 0.1) is 29.2 Å². The molecule has 0 aliphatic carbocycles. The number of furan rings is 1. The highest BCUT2D eigenvalue weighted by Gasteiger charge is 2.16. The van der Waals surface area contributed by atoms with E-state index in [2.05, 4.69) is 4.74 Å². The summed E-state index contributed by atoms with van der Waals surface area (Å²) in [5.74, 6) is 0.559. The Balaban J connectivity index is 2.15. The van der Waals surface area contributed by atoms with Crippen LogP contribution in [0.5, 0.6) is 0 Å². The molecule has 100 valence electrons. The molecule has 0 atom stereocenters. The number of hydrogen-bond donors (Lipinski definition) is 0. The van der Waals surface area contributed by atoms with Crippen LogP contribution < -0.4 is 0 Å². The molecule has 0 saturated heterocycles. The van der Waals surface area contributed by atoms with Gasteiger partial charge in [0.1, 0.15) is 11.3 Å². The Hall–Kier alpha value is -1.10. The van der Waals surface area contributed by atoms with Gasteiger partial charge in [-0.25, -0.2) is 4.79 Å². The molecule has 1 aromatic carbocycles. The number of thioether (sulfide) groups is 1. The van der Waals surface area contributed by atoms with Gasteiger partial charge in [-0.2, -0.15) is 0 Å². The number of ether oxygens (including phenoxy) is 1. The van der Waals surface area contributed by atoms with Gasteiger partial charge < -0.3 is 9.15 Å². The van der Waals surface area contributed by atoms with Crippen LogP contribution in [0.2, 0.25) is 10.0 Å². The van der Waals surface area contributed by atoms with Crippen molar-refractivity contribution in [1.82, 2.24) is 0 Å². The van der Waals surface area contributed by atoms with Crippen LogP contribution in [-0.2, 0) is 10.5 Å². The molecule has 0 N–H and O–H groups in total. The van der Waals surface area contributed by atoms with Crippen molar-refractivity contribution in [2.75, 3.05) is 7.11 Å². The van der Waals surface area contributed by atoms with Gasteiger partial charge in [-0.3, -0.25) is 0 Å². The molecule has 2 rings (SSSR count). The Morgan fingerprint density at radius 2 is 2.00 bits per heavy atom. The van der Waals surface area contributed by atoms with Gasteiger partial charge in [0.15, 0.2) is 0 Å². The molecule has 0 unspecified atom stereocenters. The number of halogens is 2. The highest BCUT2D eigenvalue weighted by atomic mass is 35.5. The molecule has 0 aliphatic rings. The lowest BCUT2D eigenvalue weighted by molar-refractivity contribution is 0.0598. The molecule has 2 aromatic rings. The monoisotopic (exact) mass is 316 g/mol. The molecule has 1 aromatic heterocycles. The topological polar surface area (TPSA) is 39.4 Å². The molecule has 0 aliphatic heterocycles. The van der Waals surface area contributed by atoms with Gasteiger partial charge in [0, 0.05) is 4.90 Å². The van der Waals surface area contributed by atoms with Gasteiger partial charge in [-0.15, -0.1) is 11.8 Å². The summed E-state index contributed by atoms with van der Waals surface area (Å²) in [5, 5.41) is 1.15. The third kappa shape index (κ3) is 3.26. The van der Waals surface area contributed by atoms with Crippen LogP contribution in [0.25, 0.3) is 0 Å². The Morgan fingerprint density at radius 1 is 1.32 bits per heavy atom. The van der Waals surface area contributed by atoms with Gasteiger partial charge in [0.25, 0.3) is 0 Å².